The first-order chi connectivity index (χ1) is 13.2. The summed E-state index contributed by atoms with van der Waals surface area (Å²) in [4.78, 5) is 62.1. The zero-order chi connectivity index (χ0) is 22.1. The second kappa shape index (κ2) is 8.55. The van der Waals surface area contributed by atoms with Crippen molar-refractivity contribution in [2.75, 3.05) is 6.61 Å². The van der Waals surface area contributed by atoms with E-state index in [0.717, 1.165) is 0 Å². The summed E-state index contributed by atoms with van der Waals surface area (Å²) in [5.74, 6) is 0. The van der Waals surface area contributed by atoms with Gasteiger partial charge in [0.2, 0.25) is 0 Å². The molecule has 0 spiro atoms. The average Bonchev–Trinajstić information content (AvgIpc) is 3.07. The second-order valence-corrected chi connectivity index (χ2v) is 8.16. The maximum absolute atomic E-state index is 11.6. The van der Waals surface area contributed by atoms with E-state index in [-0.39, 0.29) is 11.2 Å². The third kappa shape index (κ3) is 5.88. The highest BCUT2D eigenvalue weighted by Gasteiger charge is 2.43. The Morgan fingerprint density at radius 1 is 1.10 bits per heavy atom. The predicted octanol–water partition coefficient (Wildman–Crippen LogP) is -3.79. The lowest BCUT2D eigenvalue weighted by molar-refractivity contribution is -0.0511. The molecule has 2 aromatic rings. The molecule has 1 saturated heterocycles. The Hall–Kier alpha value is -1.75. The fourth-order valence-corrected chi connectivity index (χ4v) is 3.50. The molecule has 9 N–H and O–H groups in total. The second-order valence-electron chi connectivity index (χ2n) is 5.55. The molecular weight excluding hydrogens is 446 g/mol. The van der Waals surface area contributed by atoms with Crippen molar-refractivity contribution in [3.05, 3.63) is 27.2 Å². The van der Waals surface area contributed by atoms with Crippen LogP contribution in [-0.2, 0) is 18.2 Å². The van der Waals surface area contributed by atoms with Gasteiger partial charge < -0.3 is 39.6 Å². The monoisotopic (exact) mass is 462 g/mol. The molecule has 0 amide bonds. The van der Waals surface area contributed by atoms with Gasteiger partial charge in [0.15, 0.2) is 11.7 Å². The molecule has 164 valence electrons. The Morgan fingerprint density at radius 2 is 1.69 bits per heavy atom. The number of aliphatic hydroxyl groups excluding tert-OH is 3. The molecule has 0 aliphatic carbocycles. The van der Waals surface area contributed by atoms with Crippen LogP contribution in [0.2, 0.25) is 0 Å². The summed E-state index contributed by atoms with van der Waals surface area (Å²) in [5.41, 5.74) is -1.36. The number of imidazole rings is 1. The SMILES string of the molecule is O=P(O)(O)OP(=O)(O)O.O=c1[nH]c(=O)c2ncn([C@@H]3O[C@H](CO)[C@@H](O)[C@H]3O)c2[nH]1. The van der Waals surface area contributed by atoms with Crippen LogP contribution in [-0.4, -0.2) is 79.3 Å². The molecule has 19 heteroatoms. The van der Waals surface area contributed by atoms with Crippen molar-refractivity contribution in [3.8, 4) is 0 Å². The first kappa shape index (κ1) is 23.5. The summed E-state index contributed by atoms with van der Waals surface area (Å²) in [6, 6.07) is 0. The van der Waals surface area contributed by atoms with Gasteiger partial charge in [-0.1, -0.05) is 0 Å². The van der Waals surface area contributed by atoms with Crippen LogP contribution in [0.15, 0.2) is 15.9 Å². The summed E-state index contributed by atoms with van der Waals surface area (Å²) >= 11 is 0. The number of aromatic amines is 2. The van der Waals surface area contributed by atoms with E-state index in [4.69, 9.17) is 29.4 Å². The standard InChI is InChI=1S/C10H12N4O6.H4O7P2/c15-1-3-5(16)6(17)9(20-3)14-2-11-4-7(14)12-10(19)13-8(4)18;1-8(2,3)7-9(4,5)6/h2-3,5-6,9,15-17H,1H2,(H2,12,13,18,19);(H2,1,2,3)(H2,4,5,6)/t3-,5-,6-,9-;/m1./s1. The van der Waals surface area contributed by atoms with Crippen LogP contribution < -0.4 is 11.2 Å². The number of hydrogen-bond acceptors (Lipinski definition) is 10. The van der Waals surface area contributed by atoms with Gasteiger partial charge >= 0.3 is 21.3 Å². The maximum Gasteiger partial charge on any atom is 0.478 e. The normalized spacial score (nSPS) is 25.1. The molecular formula is C10H16N4O13P2. The molecule has 0 unspecified atom stereocenters. The number of nitrogens with one attached hydrogen (secondary N) is 2. The molecule has 3 rings (SSSR count). The lowest BCUT2D eigenvalue weighted by Crippen LogP contribution is -2.33. The van der Waals surface area contributed by atoms with Crippen molar-refractivity contribution in [1.29, 1.82) is 0 Å². The predicted molar refractivity (Wildman–Crippen MR) is 89.2 cm³/mol. The van der Waals surface area contributed by atoms with Crippen molar-refractivity contribution < 1.29 is 53.1 Å². The van der Waals surface area contributed by atoms with Crippen LogP contribution in [0, 0.1) is 0 Å². The molecule has 4 atom stereocenters. The lowest BCUT2D eigenvalue weighted by atomic mass is 10.1. The minimum absolute atomic E-state index is 0.0256. The molecule has 29 heavy (non-hydrogen) atoms. The summed E-state index contributed by atoms with van der Waals surface area (Å²) in [5, 5.41) is 28.7. The van der Waals surface area contributed by atoms with Gasteiger partial charge in [-0.15, -0.1) is 0 Å². The molecule has 0 radical (unpaired) electrons. The zero-order valence-corrected chi connectivity index (χ0v) is 15.8. The third-order valence-corrected chi connectivity index (χ3v) is 5.17. The van der Waals surface area contributed by atoms with E-state index >= 15 is 0 Å². The van der Waals surface area contributed by atoms with Crippen molar-refractivity contribution in [2.24, 2.45) is 0 Å². The van der Waals surface area contributed by atoms with Gasteiger partial charge in [0.1, 0.15) is 24.0 Å². The Balaban J connectivity index is 0.000000284. The summed E-state index contributed by atoms with van der Waals surface area (Å²) in [7, 11) is -10.1. The van der Waals surface area contributed by atoms with Crippen molar-refractivity contribution in [2.45, 2.75) is 24.5 Å². The number of rotatable bonds is 4. The Bertz CT molecular complexity index is 1050. The van der Waals surface area contributed by atoms with Crippen LogP contribution in [0.1, 0.15) is 6.23 Å². The highest BCUT2D eigenvalue weighted by molar-refractivity contribution is 7.60. The number of aliphatic hydroxyl groups is 3. The van der Waals surface area contributed by atoms with E-state index < -0.39 is 58.0 Å². The van der Waals surface area contributed by atoms with E-state index in [9.17, 15) is 28.9 Å². The number of ether oxygens (including phenoxy) is 1. The molecule has 1 aliphatic heterocycles. The molecule has 3 heterocycles. The first-order valence-electron chi connectivity index (χ1n) is 7.37. The smallest absolute Gasteiger partial charge is 0.394 e. The molecule has 17 nitrogen and oxygen atoms in total. The minimum Gasteiger partial charge on any atom is -0.394 e. The van der Waals surface area contributed by atoms with Gasteiger partial charge in [-0.05, 0) is 0 Å². The number of fused-ring (bicyclic) bond motifs is 1. The average molecular weight is 462 g/mol. The third-order valence-electron chi connectivity index (χ3n) is 3.47. The van der Waals surface area contributed by atoms with Gasteiger partial charge in [-0.3, -0.25) is 19.3 Å². The van der Waals surface area contributed by atoms with E-state index in [1.165, 1.54) is 10.9 Å². The van der Waals surface area contributed by atoms with Gasteiger partial charge in [0.25, 0.3) is 5.56 Å². The summed E-state index contributed by atoms with van der Waals surface area (Å²) < 4.78 is 28.7. The molecule has 1 aliphatic rings. The Morgan fingerprint density at radius 3 is 2.14 bits per heavy atom. The molecule has 0 saturated carbocycles. The summed E-state index contributed by atoms with van der Waals surface area (Å²) in [6.07, 6.45) is -3.43. The number of nitrogens with zero attached hydrogens (tertiary/aromatic N) is 2. The van der Waals surface area contributed by atoms with E-state index in [2.05, 4.69) is 14.3 Å². The van der Waals surface area contributed by atoms with Crippen molar-refractivity contribution in [3.63, 3.8) is 0 Å². The number of H-pyrrole nitrogens is 2. The van der Waals surface area contributed by atoms with Gasteiger partial charge in [0, 0.05) is 0 Å². The van der Waals surface area contributed by atoms with Crippen LogP contribution in [0.25, 0.3) is 11.2 Å². The number of aromatic nitrogens is 4. The van der Waals surface area contributed by atoms with E-state index in [1.54, 1.807) is 0 Å². The quantitative estimate of drug-likeness (QED) is 0.197. The molecule has 0 aromatic carbocycles. The van der Waals surface area contributed by atoms with E-state index in [1.807, 2.05) is 4.98 Å². The first-order valence-corrected chi connectivity index (χ1v) is 10.4. The van der Waals surface area contributed by atoms with Gasteiger partial charge in [0.05, 0.1) is 12.9 Å². The van der Waals surface area contributed by atoms with Crippen LogP contribution in [0.3, 0.4) is 0 Å². The Kier molecular flexibility index (Phi) is 6.93. The topological polar surface area (TPSA) is 278 Å². The van der Waals surface area contributed by atoms with Crippen LogP contribution in [0.4, 0.5) is 0 Å². The van der Waals surface area contributed by atoms with Crippen LogP contribution in [0.5, 0.6) is 0 Å². The van der Waals surface area contributed by atoms with Crippen LogP contribution >= 0.6 is 15.6 Å². The molecule has 0 bridgehead atoms. The fraction of sp³-hybridized carbons (Fsp3) is 0.500. The highest BCUT2D eigenvalue weighted by Crippen LogP contribution is 2.53. The zero-order valence-electron chi connectivity index (χ0n) is 14.0. The fourth-order valence-electron chi connectivity index (χ4n) is 2.39. The van der Waals surface area contributed by atoms with E-state index in [0.29, 0.717) is 0 Å². The van der Waals surface area contributed by atoms with Gasteiger partial charge in [-0.25, -0.2) is 18.9 Å². The van der Waals surface area contributed by atoms with Crippen molar-refractivity contribution >= 4 is 26.8 Å². The number of hydrogen-bond donors (Lipinski definition) is 9. The molecule has 1 fully saturated rings. The van der Waals surface area contributed by atoms with Crippen molar-refractivity contribution in [1.82, 2.24) is 19.5 Å². The maximum atomic E-state index is 11.6. The minimum atomic E-state index is -5.05. The highest BCUT2D eigenvalue weighted by atomic mass is 31.3. The Labute approximate surface area is 158 Å². The lowest BCUT2D eigenvalue weighted by Gasteiger charge is -2.16. The molecule has 2 aromatic heterocycles. The summed E-state index contributed by atoms with van der Waals surface area (Å²) in [6.45, 7) is -0.474. The number of phosphoric acid groups is 2. The largest absolute Gasteiger partial charge is 0.478 e. The van der Waals surface area contributed by atoms with Gasteiger partial charge in [-0.2, -0.15) is 4.31 Å².